The van der Waals surface area contributed by atoms with Crippen molar-refractivity contribution in [3.63, 3.8) is 0 Å². The average molecular weight is 202 g/mol. The first-order valence-electron chi connectivity index (χ1n) is 4.75. The summed E-state index contributed by atoms with van der Waals surface area (Å²) in [7, 11) is 2.25. The van der Waals surface area contributed by atoms with Gasteiger partial charge in [0.15, 0.2) is 6.29 Å². The van der Waals surface area contributed by atoms with E-state index in [4.69, 9.17) is 9.47 Å². The summed E-state index contributed by atoms with van der Waals surface area (Å²) in [6.45, 7) is 6.80. The van der Waals surface area contributed by atoms with Crippen molar-refractivity contribution in [3.8, 4) is 0 Å². The maximum absolute atomic E-state index is 5.15. The highest BCUT2D eigenvalue weighted by atomic mass is 28.3. The van der Waals surface area contributed by atoms with Gasteiger partial charge in [-0.25, -0.2) is 0 Å². The van der Waals surface area contributed by atoms with Crippen LogP contribution in [0.3, 0.4) is 0 Å². The van der Waals surface area contributed by atoms with Crippen LogP contribution in [0.4, 0.5) is 0 Å². The van der Waals surface area contributed by atoms with Gasteiger partial charge in [-0.2, -0.15) is 0 Å². The summed E-state index contributed by atoms with van der Waals surface area (Å²) in [6, 6.07) is 1.21. The van der Waals surface area contributed by atoms with Gasteiger partial charge in [-0.05, 0) is 19.4 Å². The van der Waals surface area contributed by atoms with Crippen molar-refractivity contribution in [3.05, 3.63) is 11.8 Å². The van der Waals surface area contributed by atoms with E-state index in [1.807, 2.05) is 0 Å². The minimum atomic E-state index is -1.14. The molecule has 0 bridgehead atoms. The Balaban J connectivity index is 3.85. The van der Waals surface area contributed by atoms with E-state index in [-0.39, 0.29) is 6.29 Å². The molecule has 0 amide bonds. The summed E-state index contributed by atoms with van der Waals surface area (Å²) in [5, 5.41) is 0. The third kappa shape index (κ3) is 6.02. The molecule has 0 aromatic carbocycles. The average Bonchev–Trinajstić information content (AvgIpc) is 2.06. The van der Waals surface area contributed by atoms with Gasteiger partial charge in [0.05, 0.1) is 8.07 Å². The SMILES string of the molecule is C/C=C\[Si](C)(C)CCC(OC)OC. The minimum absolute atomic E-state index is 0.0305. The fourth-order valence-corrected chi connectivity index (χ4v) is 3.41. The number of hydrogen-bond acceptors (Lipinski definition) is 2. The van der Waals surface area contributed by atoms with Crippen LogP contribution in [0.1, 0.15) is 13.3 Å². The zero-order valence-electron chi connectivity index (χ0n) is 9.46. The number of rotatable bonds is 6. The molecule has 0 saturated carbocycles. The molecule has 0 atom stereocenters. The minimum Gasteiger partial charge on any atom is -0.356 e. The molecule has 0 rings (SSSR count). The summed E-state index contributed by atoms with van der Waals surface area (Å²) in [5.74, 6) is 0. The monoisotopic (exact) mass is 202 g/mol. The predicted molar refractivity (Wildman–Crippen MR) is 59.5 cm³/mol. The molecule has 3 heteroatoms. The molecule has 0 radical (unpaired) electrons. The second-order valence-electron chi connectivity index (χ2n) is 3.93. The van der Waals surface area contributed by atoms with Crippen LogP contribution < -0.4 is 0 Å². The van der Waals surface area contributed by atoms with Gasteiger partial charge in [-0.3, -0.25) is 0 Å². The Bertz CT molecular complexity index is 151. The molecule has 0 heterocycles. The Labute approximate surface area is 82.9 Å². The van der Waals surface area contributed by atoms with E-state index < -0.39 is 8.07 Å². The van der Waals surface area contributed by atoms with Gasteiger partial charge in [-0.1, -0.05) is 24.9 Å². The molecule has 0 aromatic heterocycles. The van der Waals surface area contributed by atoms with Crippen molar-refractivity contribution in [2.45, 2.75) is 38.8 Å². The molecule has 0 aliphatic heterocycles. The first-order chi connectivity index (χ1) is 6.05. The molecule has 13 heavy (non-hydrogen) atoms. The van der Waals surface area contributed by atoms with E-state index in [2.05, 4.69) is 31.8 Å². The Morgan fingerprint density at radius 1 is 1.23 bits per heavy atom. The molecule has 0 aromatic rings. The normalized spacial score (nSPS) is 13.1. The highest BCUT2D eigenvalue weighted by Crippen LogP contribution is 2.16. The molecule has 78 valence electrons. The number of ether oxygens (including phenoxy) is 2. The van der Waals surface area contributed by atoms with Gasteiger partial charge in [0.25, 0.3) is 0 Å². The molecular weight excluding hydrogens is 180 g/mol. The van der Waals surface area contributed by atoms with Crippen LogP contribution in [-0.4, -0.2) is 28.6 Å². The summed E-state index contributed by atoms with van der Waals surface area (Å²) in [5.41, 5.74) is 2.36. The molecule has 0 saturated heterocycles. The molecule has 0 spiro atoms. The van der Waals surface area contributed by atoms with Crippen molar-refractivity contribution < 1.29 is 9.47 Å². The van der Waals surface area contributed by atoms with Crippen LogP contribution in [0.2, 0.25) is 19.1 Å². The van der Waals surface area contributed by atoms with Crippen molar-refractivity contribution in [2.75, 3.05) is 14.2 Å². The third-order valence-corrected chi connectivity index (χ3v) is 4.98. The van der Waals surface area contributed by atoms with Crippen molar-refractivity contribution in [1.82, 2.24) is 0 Å². The second kappa shape index (κ2) is 6.35. The lowest BCUT2D eigenvalue weighted by atomic mass is 10.5. The summed E-state index contributed by atoms with van der Waals surface area (Å²) in [4.78, 5) is 0. The molecular formula is C10H22O2Si. The zero-order chi connectivity index (χ0) is 10.3. The number of hydrogen-bond donors (Lipinski definition) is 0. The molecule has 0 unspecified atom stereocenters. The Kier molecular flexibility index (Phi) is 6.29. The fraction of sp³-hybridized carbons (Fsp3) is 0.800. The highest BCUT2D eigenvalue weighted by molar-refractivity contribution is 6.82. The van der Waals surface area contributed by atoms with Gasteiger partial charge in [0.2, 0.25) is 0 Å². The second-order valence-corrected chi connectivity index (χ2v) is 8.74. The summed E-state index contributed by atoms with van der Waals surface area (Å²) in [6.07, 6.45) is 3.12. The maximum atomic E-state index is 5.15. The van der Waals surface area contributed by atoms with Gasteiger partial charge in [0, 0.05) is 14.2 Å². The van der Waals surface area contributed by atoms with Crippen molar-refractivity contribution in [2.24, 2.45) is 0 Å². The summed E-state index contributed by atoms with van der Waals surface area (Å²) >= 11 is 0. The van der Waals surface area contributed by atoms with Gasteiger partial charge >= 0.3 is 0 Å². The van der Waals surface area contributed by atoms with E-state index in [9.17, 15) is 0 Å². The van der Waals surface area contributed by atoms with Crippen LogP contribution in [0.15, 0.2) is 11.8 Å². The van der Waals surface area contributed by atoms with Gasteiger partial charge in [-0.15, -0.1) is 0 Å². The number of methoxy groups -OCH3 is 2. The van der Waals surface area contributed by atoms with E-state index >= 15 is 0 Å². The van der Waals surface area contributed by atoms with E-state index in [1.165, 1.54) is 6.04 Å². The molecule has 0 N–H and O–H groups in total. The number of allylic oxidation sites excluding steroid dienone is 1. The van der Waals surface area contributed by atoms with E-state index in [1.54, 1.807) is 14.2 Å². The lowest BCUT2D eigenvalue weighted by Crippen LogP contribution is -2.25. The lowest BCUT2D eigenvalue weighted by Gasteiger charge is -2.20. The Morgan fingerprint density at radius 2 is 1.77 bits per heavy atom. The molecule has 0 fully saturated rings. The van der Waals surface area contributed by atoms with Crippen LogP contribution >= 0.6 is 0 Å². The fourth-order valence-electron chi connectivity index (χ4n) is 1.36. The summed E-state index contributed by atoms with van der Waals surface area (Å²) < 4.78 is 10.3. The smallest absolute Gasteiger partial charge is 0.156 e. The molecule has 0 aliphatic carbocycles. The molecule has 0 aliphatic rings. The first-order valence-corrected chi connectivity index (χ1v) is 8.03. The van der Waals surface area contributed by atoms with Crippen LogP contribution in [0.5, 0.6) is 0 Å². The third-order valence-electron chi connectivity index (χ3n) is 2.17. The van der Waals surface area contributed by atoms with Crippen LogP contribution in [0.25, 0.3) is 0 Å². The van der Waals surface area contributed by atoms with E-state index in [0.717, 1.165) is 6.42 Å². The van der Waals surface area contributed by atoms with E-state index in [0.29, 0.717) is 0 Å². The lowest BCUT2D eigenvalue weighted by molar-refractivity contribution is -0.103. The zero-order valence-corrected chi connectivity index (χ0v) is 10.5. The van der Waals surface area contributed by atoms with Crippen LogP contribution in [0, 0.1) is 0 Å². The standard InChI is InChI=1S/C10H22O2Si/c1-6-8-13(4,5)9-7-10(11-2)12-3/h6,8,10H,7,9H2,1-5H3/b8-6-. The Morgan fingerprint density at radius 3 is 2.15 bits per heavy atom. The van der Waals surface area contributed by atoms with Crippen molar-refractivity contribution in [1.29, 1.82) is 0 Å². The van der Waals surface area contributed by atoms with Crippen LogP contribution in [-0.2, 0) is 9.47 Å². The predicted octanol–water partition coefficient (Wildman–Crippen LogP) is 2.82. The van der Waals surface area contributed by atoms with Gasteiger partial charge in [0.1, 0.15) is 0 Å². The maximum Gasteiger partial charge on any atom is 0.156 e. The largest absolute Gasteiger partial charge is 0.356 e. The Hall–Kier alpha value is -0.123. The highest BCUT2D eigenvalue weighted by Gasteiger charge is 2.18. The van der Waals surface area contributed by atoms with Crippen molar-refractivity contribution >= 4 is 8.07 Å². The first kappa shape index (κ1) is 12.9. The van der Waals surface area contributed by atoms with Gasteiger partial charge < -0.3 is 9.47 Å². The molecule has 2 nitrogen and oxygen atoms in total. The topological polar surface area (TPSA) is 18.5 Å². The quantitative estimate of drug-likeness (QED) is 0.487.